The van der Waals surface area contributed by atoms with Crippen molar-refractivity contribution in [3.8, 4) is 5.75 Å². The van der Waals surface area contributed by atoms with Gasteiger partial charge in [-0.05, 0) is 61.1 Å². The number of carbonyl (C=O) groups excluding carboxylic acids is 2. The molecular weight excluding hydrogens is 400 g/mol. The van der Waals surface area contributed by atoms with Crippen LogP contribution < -0.4 is 15.4 Å². The van der Waals surface area contributed by atoms with Crippen LogP contribution in [0.2, 0.25) is 5.02 Å². The smallest absolute Gasteiger partial charge is 0.338 e. The molecule has 0 saturated carbocycles. The number of hydrogen-bond acceptors (Lipinski definition) is 5. The molecule has 1 amide bonds. The third-order valence-electron chi connectivity index (χ3n) is 3.53. The molecule has 2 aromatic carbocycles. The molecular formula is C20H21ClN2O4S. The van der Waals surface area contributed by atoms with Crippen LogP contribution in [0.25, 0.3) is 0 Å². The molecule has 0 aromatic heterocycles. The molecule has 0 spiro atoms. The van der Waals surface area contributed by atoms with Gasteiger partial charge in [0.25, 0.3) is 5.91 Å². The molecule has 0 heterocycles. The summed E-state index contributed by atoms with van der Waals surface area (Å²) < 4.78 is 10.5. The average Bonchev–Trinajstić information content (AvgIpc) is 2.67. The normalized spacial score (nSPS) is 10.1. The van der Waals surface area contributed by atoms with E-state index in [4.69, 9.17) is 33.3 Å². The Labute approximate surface area is 174 Å². The molecule has 0 unspecified atom stereocenters. The predicted molar refractivity (Wildman–Crippen MR) is 113 cm³/mol. The van der Waals surface area contributed by atoms with Crippen molar-refractivity contribution in [1.29, 1.82) is 0 Å². The minimum Gasteiger partial charge on any atom is -0.484 e. The van der Waals surface area contributed by atoms with Gasteiger partial charge in [0.1, 0.15) is 5.75 Å². The summed E-state index contributed by atoms with van der Waals surface area (Å²) in [6, 6.07) is 13.4. The molecule has 0 fully saturated rings. The quantitative estimate of drug-likeness (QED) is 0.379. The van der Waals surface area contributed by atoms with E-state index in [2.05, 4.69) is 10.6 Å². The van der Waals surface area contributed by atoms with Gasteiger partial charge in [-0.15, -0.1) is 0 Å². The van der Waals surface area contributed by atoms with Crippen molar-refractivity contribution >= 4 is 46.5 Å². The Morgan fingerprint density at radius 1 is 1.14 bits per heavy atom. The number of amides is 1. The van der Waals surface area contributed by atoms with Crippen molar-refractivity contribution < 1.29 is 19.1 Å². The minimum absolute atomic E-state index is 0.123. The highest BCUT2D eigenvalue weighted by atomic mass is 35.5. The maximum Gasteiger partial charge on any atom is 0.338 e. The molecule has 2 aromatic rings. The first-order valence-electron chi connectivity index (χ1n) is 8.74. The van der Waals surface area contributed by atoms with Crippen LogP contribution in [0.1, 0.15) is 30.1 Å². The fourth-order valence-corrected chi connectivity index (χ4v) is 2.52. The van der Waals surface area contributed by atoms with Gasteiger partial charge in [0, 0.05) is 10.7 Å². The third kappa shape index (κ3) is 7.54. The van der Waals surface area contributed by atoms with E-state index in [1.165, 1.54) is 0 Å². The van der Waals surface area contributed by atoms with E-state index in [1.807, 2.05) is 6.92 Å². The summed E-state index contributed by atoms with van der Waals surface area (Å²) in [5.74, 6) is -0.286. The molecule has 0 aliphatic rings. The second-order valence-electron chi connectivity index (χ2n) is 5.82. The Balaban J connectivity index is 1.77. The summed E-state index contributed by atoms with van der Waals surface area (Å²) in [7, 11) is 0. The fourth-order valence-electron chi connectivity index (χ4n) is 2.11. The number of anilines is 1. The first-order chi connectivity index (χ1) is 13.5. The van der Waals surface area contributed by atoms with Crippen molar-refractivity contribution in [3.05, 3.63) is 59.1 Å². The van der Waals surface area contributed by atoms with Crippen LogP contribution in [-0.2, 0) is 9.53 Å². The number of halogens is 1. The monoisotopic (exact) mass is 420 g/mol. The molecule has 0 aliphatic heterocycles. The molecule has 0 bridgehead atoms. The van der Waals surface area contributed by atoms with Crippen LogP contribution in [0, 0.1) is 0 Å². The third-order valence-corrected chi connectivity index (χ3v) is 3.97. The van der Waals surface area contributed by atoms with Crippen molar-refractivity contribution in [1.82, 2.24) is 5.32 Å². The molecule has 2 rings (SSSR count). The maximum atomic E-state index is 11.9. The number of nitrogens with one attached hydrogen (secondary N) is 2. The Morgan fingerprint density at radius 2 is 1.89 bits per heavy atom. The van der Waals surface area contributed by atoms with Gasteiger partial charge in [0.15, 0.2) is 11.7 Å². The summed E-state index contributed by atoms with van der Waals surface area (Å²) in [6.45, 7) is 2.23. The second kappa shape index (κ2) is 11.3. The van der Waals surface area contributed by atoms with Gasteiger partial charge < -0.3 is 14.8 Å². The number of rotatable bonds is 8. The molecule has 0 saturated heterocycles. The van der Waals surface area contributed by atoms with Gasteiger partial charge in [-0.2, -0.15) is 0 Å². The van der Waals surface area contributed by atoms with Crippen molar-refractivity contribution in [2.75, 3.05) is 18.5 Å². The van der Waals surface area contributed by atoms with E-state index in [0.717, 1.165) is 12.8 Å². The number of carbonyl (C=O) groups is 2. The van der Waals surface area contributed by atoms with Crippen LogP contribution >= 0.6 is 23.8 Å². The zero-order chi connectivity index (χ0) is 20.4. The second-order valence-corrected chi connectivity index (χ2v) is 6.66. The summed E-state index contributed by atoms with van der Waals surface area (Å²) in [6.07, 6.45) is 1.80. The number of esters is 1. The van der Waals surface area contributed by atoms with Gasteiger partial charge in [-0.25, -0.2) is 4.79 Å². The molecule has 0 aliphatic carbocycles. The first-order valence-corrected chi connectivity index (χ1v) is 9.53. The number of unbranched alkanes of at least 4 members (excludes halogenated alkanes) is 1. The van der Waals surface area contributed by atoms with E-state index >= 15 is 0 Å². The number of benzene rings is 2. The summed E-state index contributed by atoms with van der Waals surface area (Å²) in [5.41, 5.74) is 1.08. The Kier molecular flexibility index (Phi) is 8.71. The molecule has 0 radical (unpaired) electrons. The highest BCUT2D eigenvalue weighted by Crippen LogP contribution is 2.16. The van der Waals surface area contributed by atoms with Gasteiger partial charge >= 0.3 is 5.97 Å². The zero-order valence-electron chi connectivity index (χ0n) is 15.4. The lowest BCUT2D eigenvalue weighted by Gasteiger charge is -2.11. The fraction of sp³-hybridized carbons (Fsp3) is 0.250. The highest BCUT2D eigenvalue weighted by molar-refractivity contribution is 7.80. The number of hydrogen-bond donors (Lipinski definition) is 2. The van der Waals surface area contributed by atoms with Crippen molar-refractivity contribution in [2.24, 2.45) is 0 Å². The molecule has 6 nitrogen and oxygen atoms in total. The molecule has 148 valence electrons. The lowest BCUT2D eigenvalue weighted by Crippen LogP contribution is -2.37. The molecule has 28 heavy (non-hydrogen) atoms. The summed E-state index contributed by atoms with van der Waals surface area (Å²) in [5, 5.41) is 6.03. The lowest BCUT2D eigenvalue weighted by atomic mass is 10.2. The lowest BCUT2D eigenvalue weighted by molar-refractivity contribution is -0.121. The van der Waals surface area contributed by atoms with Crippen LogP contribution in [0.15, 0.2) is 48.5 Å². The van der Waals surface area contributed by atoms with E-state index in [0.29, 0.717) is 28.6 Å². The van der Waals surface area contributed by atoms with Crippen LogP contribution in [0.3, 0.4) is 0 Å². The number of ether oxygens (including phenoxy) is 2. The molecule has 0 atom stereocenters. The standard InChI is InChI=1S/C20H21ClN2O4S/c1-2-3-11-26-19(25)14-7-9-16(10-8-14)22-20(28)23-18(24)13-27-17-6-4-5-15(21)12-17/h4-10,12H,2-3,11,13H2,1H3,(H2,22,23,24,28). The van der Waals surface area contributed by atoms with E-state index < -0.39 is 5.91 Å². The van der Waals surface area contributed by atoms with Crippen LogP contribution in [0.4, 0.5) is 5.69 Å². The number of thiocarbonyl (C=S) groups is 1. The maximum absolute atomic E-state index is 11.9. The molecule has 2 N–H and O–H groups in total. The van der Waals surface area contributed by atoms with Gasteiger partial charge in [-0.1, -0.05) is 31.0 Å². The molecule has 8 heteroatoms. The van der Waals surface area contributed by atoms with E-state index in [1.54, 1.807) is 48.5 Å². The van der Waals surface area contributed by atoms with Gasteiger partial charge in [0.2, 0.25) is 0 Å². The van der Waals surface area contributed by atoms with Crippen molar-refractivity contribution in [2.45, 2.75) is 19.8 Å². The van der Waals surface area contributed by atoms with E-state index in [9.17, 15) is 9.59 Å². The van der Waals surface area contributed by atoms with Gasteiger partial charge in [-0.3, -0.25) is 10.1 Å². The predicted octanol–water partition coefficient (Wildman–Crippen LogP) is 4.19. The van der Waals surface area contributed by atoms with Gasteiger partial charge in [0.05, 0.1) is 12.2 Å². The SMILES string of the molecule is CCCCOC(=O)c1ccc(NC(=S)NC(=O)COc2cccc(Cl)c2)cc1. The van der Waals surface area contributed by atoms with E-state index in [-0.39, 0.29) is 17.7 Å². The van der Waals surface area contributed by atoms with Crippen LogP contribution in [-0.4, -0.2) is 30.2 Å². The Morgan fingerprint density at radius 3 is 2.57 bits per heavy atom. The Hall–Kier alpha value is -2.64. The largest absolute Gasteiger partial charge is 0.484 e. The van der Waals surface area contributed by atoms with Crippen molar-refractivity contribution in [3.63, 3.8) is 0 Å². The zero-order valence-corrected chi connectivity index (χ0v) is 16.9. The topological polar surface area (TPSA) is 76.7 Å². The first kappa shape index (κ1) is 21.7. The summed E-state index contributed by atoms with van der Waals surface area (Å²) >= 11 is 11.0. The average molecular weight is 421 g/mol. The summed E-state index contributed by atoms with van der Waals surface area (Å²) in [4.78, 5) is 23.8. The Bertz CT molecular complexity index is 827. The minimum atomic E-state index is -0.409. The highest BCUT2D eigenvalue weighted by Gasteiger charge is 2.09. The van der Waals surface area contributed by atoms with Crippen LogP contribution in [0.5, 0.6) is 5.75 Å².